The van der Waals surface area contributed by atoms with Crippen LogP contribution in [-0.4, -0.2) is 42.7 Å². The molecule has 13 heteroatoms. The number of aromatic nitrogens is 1. The molecule has 1 aliphatic rings. The van der Waals surface area contributed by atoms with Gasteiger partial charge in [-0.1, -0.05) is 0 Å². The Morgan fingerprint density at radius 1 is 1.12 bits per heavy atom. The lowest BCUT2D eigenvalue weighted by Gasteiger charge is -2.22. The predicted octanol–water partition coefficient (Wildman–Crippen LogP) is 4.30. The second-order valence-electron chi connectivity index (χ2n) is 7.62. The Labute approximate surface area is 185 Å². The predicted molar refractivity (Wildman–Crippen MR) is 103 cm³/mol. The van der Waals surface area contributed by atoms with Gasteiger partial charge in [-0.15, -0.1) is 0 Å². The minimum atomic E-state index is -4.75. The molecule has 2 aromatic rings. The van der Waals surface area contributed by atoms with E-state index in [0.717, 1.165) is 42.3 Å². The van der Waals surface area contributed by atoms with E-state index in [-0.39, 0.29) is 34.9 Å². The number of nitrogens with zero attached hydrogens (tertiary/aromatic N) is 2. The van der Waals surface area contributed by atoms with Crippen LogP contribution in [0.5, 0.6) is 5.75 Å². The third-order valence-electron chi connectivity index (χ3n) is 5.05. The summed E-state index contributed by atoms with van der Waals surface area (Å²) in [6, 6.07) is 3.71. The summed E-state index contributed by atoms with van der Waals surface area (Å²) in [5, 5.41) is 0. The molecule has 1 amide bonds. The van der Waals surface area contributed by atoms with E-state index in [4.69, 9.17) is 4.74 Å². The van der Waals surface area contributed by atoms with Gasteiger partial charge in [0.1, 0.15) is 5.75 Å². The fourth-order valence-corrected chi connectivity index (χ4v) is 3.93. The lowest BCUT2D eigenvalue weighted by Crippen LogP contribution is -2.32. The summed E-state index contributed by atoms with van der Waals surface area (Å²) in [4.78, 5) is 17.8. The molecule has 0 radical (unpaired) electrons. The van der Waals surface area contributed by atoms with E-state index in [0.29, 0.717) is 0 Å². The Balaban J connectivity index is 1.99. The fraction of sp³-hybridized carbons (Fsp3) is 0.400. The Bertz CT molecular complexity index is 1210. The van der Waals surface area contributed by atoms with Crippen LogP contribution in [-0.2, 0) is 29.1 Å². The average molecular weight is 496 g/mol. The minimum absolute atomic E-state index is 0.131. The number of sulfone groups is 1. The van der Waals surface area contributed by atoms with Crippen molar-refractivity contribution in [2.24, 2.45) is 0 Å². The third kappa shape index (κ3) is 5.23. The van der Waals surface area contributed by atoms with E-state index < -0.39 is 51.1 Å². The number of fused-ring (bicyclic) bond motifs is 1. The number of alkyl halides is 6. The molecule has 0 spiro atoms. The van der Waals surface area contributed by atoms with Gasteiger partial charge in [0, 0.05) is 18.5 Å². The summed E-state index contributed by atoms with van der Waals surface area (Å²) in [6.07, 6.45) is -10.9. The average Bonchev–Trinajstić information content (AvgIpc) is 3.07. The number of ether oxygens (including phenoxy) is 1. The highest BCUT2D eigenvalue weighted by Crippen LogP contribution is 2.36. The van der Waals surface area contributed by atoms with Gasteiger partial charge in [-0.2, -0.15) is 26.3 Å². The third-order valence-corrected chi connectivity index (χ3v) is 6.16. The molecule has 1 aromatic carbocycles. The molecule has 0 bridgehead atoms. The highest BCUT2D eigenvalue weighted by Gasteiger charge is 2.40. The molecule has 0 N–H and O–H groups in total. The number of hydrogen-bond acceptors (Lipinski definition) is 5. The van der Waals surface area contributed by atoms with Crippen LogP contribution in [0.15, 0.2) is 29.2 Å². The number of carbonyl (C=O) groups is 1. The van der Waals surface area contributed by atoms with Crippen LogP contribution >= 0.6 is 0 Å². The van der Waals surface area contributed by atoms with Crippen molar-refractivity contribution in [2.45, 2.75) is 50.3 Å². The molecule has 1 aromatic heterocycles. The summed E-state index contributed by atoms with van der Waals surface area (Å²) >= 11 is 0. The normalized spacial score (nSPS) is 15.4. The lowest BCUT2D eigenvalue weighted by atomic mass is 10.1. The Kier molecular flexibility index (Phi) is 6.15. The molecule has 0 saturated carbocycles. The second-order valence-corrected chi connectivity index (χ2v) is 9.63. The zero-order chi connectivity index (χ0) is 24.9. The zero-order valence-corrected chi connectivity index (χ0v) is 18.3. The van der Waals surface area contributed by atoms with Gasteiger partial charge in [0.15, 0.2) is 15.9 Å². The van der Waals surface area contributed by atoms with Crippen LogP contribution in [0.25, 0.3) is 0 Å². The molecule has 0 saturated heterocycles. The largest absolute Gasteiger partial charge is 0.480 e. The van der Waals surface area contributed by atoms with E-state index in [1.54, 1.807) is 0 Å². The zero-order valence-electron chi connectivity index (χ0n) is 17.5. The highest BCUT2D eigenvalue weighted by molar-refractivity contribution is 7.90. The maximum atomic E-state index is 13.2. The summed E-state index contributed by atoms with van der Waals surface area (Å²) in [6.45, 7) is 1.40. The maximum Gasteiger partial charge on any atom is 0.425 e. The first-order valence-electron chi connectivity index (χ1n) is 9.42. The summed E-state index contributed by atoms with van der Waals surface area (Å²) in [7, 11) is -3.82. The minimum Gasteiger partial charge on any atom is -0.480 e. The van der Waals surface area contributed by atoms with Crippen molar-refractivity contribution >= 4 is 15.7 Å². The first kappa shape index (κ1) is 24.8. The van der Waals surface area contributed by atoms with Crippen LogP contribution < -0.4 is 4.74 Å². The van der Waals surface area contributed by atoms with Crippen molar-refractivity contribution in [3.05, 3.63) is 52.3 Å². The molecule has 2 heterocycles. The summed E-state index contributed by atoms with van der Waals surface area (Å²) in [5.41, 5.74) is -1.36. The van der Waals surface area contributed by atoms with Crippen LogP contribution in [0.1, 0.15) is 39.8 Å². The summed E-state index contributed by atoms with van der Waals surface area (Å²) in [5.74, 6) is -1.41. The number of aryl methyl sites for hydroxylation is 1. The Morgan fingerprint density at radius 2 is 1.76 bits per heavy atom. The molecular formula is C20H18F6N2O4S. The van der Waals surface area contributed by atoms with Crippen molar-refractivity contribution in [1.29, 1.82) is 0 Å². The van der Waals surface area contributed by atoms with E-state index in [1.807, 2.05) is 0 Å². The van der Waals surface area contributed by atoms with Crippen molar-refractivity contribution in [1.82, 2.24) is 9.88 Å². The van der Waals surface area contributed by atoms with E-state index in [2.05, 4.69) is 4.98 Å². The van der Waals surface area contributed by atoms with Crippen molar-refractivity contribution in [2.75, 3.05) is 6.26 Å². The number of rotatable bonds is 4. The van der Waals surface area contributed by atoms with E-state index >= 15 is 0 Å². The topological polar surface area (TPSA) is 76.6 Å². The number of carbonyl (C=O) groups excluding carboxylic acids is 1. The molecule has 1 aliphatic heterocycles. The number of halogens is 6. The summed E-state index contributed by atoms with van der Waals surface area (Å²) < 4.78 is 107. The maximum absolute atomic E-state index is 13.2. The van der Waals surface area contributed by atoms with Gasteiger partial charge in [-0.05, 0) is 43.7 Å². The Morgan fingerprint density at radius 3 is 2.30 bits per heavy atom. The number of hydrogen-bond donors (Lipinski definition) is 0. The van der Waals surface area contributed by atoms with Gasteiger partial charge >= 0.3 is 12.4 Å². The van der Waals surface area contributed by atoms with Crippen LogP contribution in [0.3, 0.4) is 0 Å². The van der Waals surface area contributed by atoms with Gasteiger partial charge < -0.3 is 9.64 Å². The molecule has 0 unspecified atom stereocenters. The quantitative estimate of drug-likeness (QED) is 0.590. The molecule has 0 fully saturated rings. The lowest BCUT2D eigenvalue weighted by molar-refractivity contribution is -0.189. The standard InChI is InChI=1S/C20H18F6N2O4S/c1-10-15(20(24,25)26)6-12-8-28(9-16(12)27-10)18(29)14-7-13(33(3,30)31)4-5-17(14)32-11(2)19(21,22)23/h4-7,11H,8-9H2,1-3H3/t11-/m0/s1. The smallest absolute Gasteiger partial charge is 0.425 e. The van der Waals surface area contributed by atoms with Crippen LogP contribution in [0.2, 0.25) is 0 Å². The molecule has 33 heavy (non-hydrogen) atoms. The van der Waals surface area contributed by atoms with Crippen molar-refractivity contribution in [3.8, 4) is 5.75 Å². The first-order chi connectivity index (χ1) is 15.0. The van der Waals surface area contributed by atoms with E-state index in [1.165, 1.54) is 6.92 Å². The SMILES string of the molecule is Cc1nc2c(cc1C(F)(F)F)CN(C(=O)c1cc(S(C)(=O)=O)ccc1O[C@@H](C)C(F)(F)F)C2. The monoisotopic (exact) mass is 496 g/mol. The Hall–Kier alpha value is -2.83. The fourth-order valence-electron chi connectivity index (χ4n) is 3.28. The number of benzene rings is 1. The van der Waals surface area contributed by atoms with Crippen molar-refractivity contribution < 1.29 is 44.3 Å². The van der Waals surface area contributed by atoms with Gasteiger partial charge in [0.25, 0.3) is 5.91 Å². The highest BCUT2D eigenvalue weighted by atomic mass is 32.2. The van der Waals surface area contributed by atoms with Gasteiger partial charge in [0.2, 0.25) is 0 Å². The van der Waals surface area contributed by atoms with Crippen LogP contribution in [0.4, 0.5) is 26.3 Å². The molecule has 6 nitrogen and oxygen atoms in total. The molecule has 180 valence electrons. The number of pyridine rings is 1. The van der Waals surface area contributed by atoms with E-state index in [9.17, 15) is 39.6 Å². The molecule has 3 rings (SSSR count). The van der Waals surface area contributed by atoms with Crippen LogP contribution in [0, 0.1) is 6.92 Å². The number of amides is 1. The molecule has 1 atom stereocenters. The molecule has 0 aliphatic carbocycles. The second kappa shape index (κ2) is 8.19. The molecular weight excluding hydrogens is 478 g/mol. The van der Waals surface area contributed by atoms with Gasteiger partial charge in [-0.3, -0.25) is 9.78 Å². The van der Waals surface area contributed by atoms with Crippen molar-refractivity contribution in [3.63, 3.8) is 0 Å². The first-order valence-corrected chi connectivity index (χ1v) is 11.3. The van der Waals surface area contributed by atoms with Gasteiger partial charge in [-0.25, -0.2) is 8.42 Å². The van der Waals surface area contributed by atoms with Gasteiger partial charge in [0.05, 0.1) is 28.3 Å².